The van der Waals surface area contributed by atoms with Gasteiger partial charge in [0.25, 0.3) is 0 Å². The summed E-state index contributed by atoms with van der Waals surface area (Å²) in [7, 11) is 0. The third kappa shape index (κ3) is 6.66. The Kier molecular flexibility index (Phi) is 9.84. The second-order valence-corrected chi connectivity index (χ2v) is 6.39. The second-order valence-electron chi connectivity index (χ2n) is 6.39. The van der Waals surface area contributed by atoms with Gasteiger partial charge in [-0.2, -0.15) is 0 Å². The van der Waals surface area contributed by atoms with Gasteiger partial charge >= 0.3 is 17.1 Å². The average molecular weight is 422 g/mol. The number of benzene rings is 2. The summed E-state index contributed by atoms with van der Waals surface area (Å²) in [4.78, 5) is 0. The topological polar surface area (TPSA) is 46.1 Å². The van der Waals surface area contributed by atoms with Crippen LogP contribution in [0.2, 0.25) is 0 Å². The monoisotopic (exact) mass is 422 g/mol. The Balaban J connectivity index is 0.000000437. The Hall–Kier alpha value is -1.70. The van der Waals surface area contributed by atoms with Gasteiger partial charge in [0.05, 0.1) is 0 Å². The van der Waals surface area contributed by atoms with Crippen LogP contribution in [0.4, 0.5) is 0 Å². The van der Waals surface area contributed by atoms with E-state index < -0.39 is 0 Å². The van der Waals surface area contributed by atoms with Gasteiger partial charge < -0.3 is 10.2 Å². The summed E-state index contributed by atoms with van der Waals surface area (Å²) in [5, 5.41) is 22.9. The van der Waals surface area contributed by atoms with E-state index in [1.54, 1.807) is 24.3 Å². The zero-order valence-electron chi connectivity index (χ0n) is 16.2. The van der Waals surface area contributed by atoms with Crippen molar-refractivity contribution in [3.8, 4) is 11.5 Å². The van der Waals surface area contributed by atoms with E-state index >= 15 is 0 Å². The molecule has 0 unspecified atom stereocenters. The van der Waals surface area contributed by atoms with Crippen molar-refractivity contribution in [2.45, 2.75) is 13.3 Å². The number of hydrogen-bond acceptors (Lipinski definition) is 2. The molecule has 0 heterocycles. The minimum absolute atomic E-state index is 0. The quantitative estimate of drug-likeness (QED) is 0.683. The maximum absolute atomic E-state index is 11.4. The van der Waals surface area contributed by atoms with Crippen molar-refractivity contribution in [3.05, 3.63) is 129 Å². The minimum atomic E-state index is -0.00522. The first-order chi connectivity index (χ1) is 13.7. The zero-order valence-corrected chi connectivity index (χ0v) is 17.3. The molecule has 0 aliphatic heterocycles. The van der Waals surface area contributed by atoms with Crippen LogP contribution in [0, 0.1) is 63.7 Å². The van der Waals surface area contributed by atoms with Crippen molar-refractivity contribution in [1.82, 2.24) is 0 Å². The molecule has 4 rings (SSSR count). The Labute approximate surface area is 186 Å². The van der Waals surface area contributed by atoms with Crippen molar-refractivity contribution in [1.29, 1.82) is 0 Å². The predicted molar refractivity (Wildman–Crippen MR) is 110 cm³/mol. The number of allylic oxidation sites excluding steroid dienone is 1. The molecule has 0 amide bonds. The summed E-state index contributed by atoms with van der Waals surface area (Å²) >= 11 is 0. The summed E-state index contributed by atoms with van der Waals surface area (Å²) in [6.45, 7) is 2.12. The van der Waals surface area contributed by atoms with Crippen LogP contribution in [0.5, 0.6) is 11.5 Å². The molecular formula is C26H22FeO2. The van der Waals surface area contributed by atoms with Crippen LogP contribution in [-0.2, 0) is 17.1 Å². The fourth-order valence-corrected chi connectivity index (χ4v) is 3.18. The fourth-order valence-electron chi connectivity index (χ4n) is 3.18. The summed E-state index contributed by atoms with van der Waals surface area (Å²) in [5.74, 6) is 1.16. The van der Waals surface area contributed by atoms with Gasteiger partial charge in [-0.1, -0.05) is 61.0 Å². The van der Waals surface area contributed by atoms with E-state index in [-0.39, 0.29) is 28.6 Å². The number of hydrogen-bond donors (Lipinski definition) is 0. The molecule has 2 fully saturated rings. The van der Waals surface area contributed by atoms with Gasteiger partial charge in [-0.25, -0.2) is 0 Å². The van der Waals surface area contributed by atoms with Gasteiger partial charge in [0, 0.05) is 5.92 Å². The predicted octanol–water partition coefficient (Wildman–Crippen LogP) is 4.47. The molecule has 2 aliphatic rings. The molecule has 0 aromatic heterocycles. The molecule has 146 valence electrons. The fraction of sp³-hybridized carbons (Fsp3) is 0.0769. The maximum atomic E-state index is 11.4. The summed E-state index contributed by atoms with van der Waals surface area (Å²) in [5.41, 5.74) is 4.24. The summed E-state index contributed by atoms with van der Waals surface area (Å²) in [6.07, 6.45) is 19.1. The summed E-state index contributed by atoms with van der Waals surface area (Å²) in [6, 6.07) is 13.7. The van der Waals surface area contributed by atoms with Crippen molar-refractivity contribution in [2.75, 3.05) is 0 Å². The minimum Gasteiger partial charge on any atom is -0.872 e. The van der Waals surface area contributed by atoms with E-state index in [0.717, 1.165) is 23.1 Å². The Morgan fingerprint density at radius 3 is 1.34 bits per heavy atom. The van der Waals surface area contributed by atoms with Gasteiger partial charge in [0.15, 0.2) is 0 Å². The van der Waals surface area contributed by atoms with Gasteiger partial charge in [-0.05, 0) is 80.9 Å². The molecule has 3 heteroatoms. The molecule has 29 heavy (non-hydrogen) atoms. The second kappa shape index (κ2) is 12.1. The molecule has 2 saturated carbocycles. The molecule has 2 aromatic rings. The van der Waals surface area contributed by atoms with Crippen molar-refractivity contribution < 1.29 is 27.3 Å². The first kappa shape index (κ1) is 23.6. The first-order valence-electron chi connectivity index (χ1n) is 9.36. The Morgan fingerprint density at radius 1 is 0.621 bits per heavy atom. The molecule has 0 atom stereocenters. The van der Waals surface area contributed by atoms with Crippen LogP contribution >= 0.6 is 0 Å². The van der Waals surface area contributed by atoms with Crippen LogP contribution in [-0.4, -0.2) is 0 Å². The molecule has 2 aliphatic carbocycles. The third-order valence-electron chi connectivity index (χ3n) is 4.51. The van der Waals surface area contributed by atoms with E-state index in [1.807, 2.05) is 69.2 Å². The van der Waals surface area contributed by atoms with Gasteiger partial charge in [0.1, 0.15) is 0 Å². The Morgan fingerprint density at radius 2 is 1.00 bits per heavy atom. The van der Waals surface area contributed by atoms with E-state index in [4.69, 9.17) is 0 Å². The van der Waals surface area contributed by atoms with Crippen LogP contribution in [0.15, 0.2) is 54.1 Å². The van der Waals surface area contributed by atoms with Crippen LogP contribution in [0.25, 0.3) is 5.57 Å². The van der Waals surface area contributed by atoms with E-state index in [2.05, 4.69) is 19.8 Å². The average Bonchev–Trinajstić information content (AvgIpc) is 3.45. The van der Waals surface area contributed by atoms with Crippen LogP contribution in [0.3, 0.4) is 0 Å². The van der Waals surface area contributed by atoms with Crippen molar-refractivity contribution >= 4 is 5.57 Å². The molecule has 0 spiro atoms. The van der Waals surface area contributed by atoms with Gasteiger partial charge in [0.2, 0.25) is 0 Å². The van der Waals surface area contributed by atoms with E-state index in [9.17, 15) is 10.2 Å². The van der Waals surface area contributed by atoms with E-state index in [1.165, 1.54) is 11.5 Å². The first-order valence-corrected chi connectivity index (χ1v) is 9.36. The van der Waals surface area contributed by atoms with Crippen molar-refractivity contribution in [2.24, 2.45) is 0 Å². The maximum Gasteiger partial charge on any atom is 2.00 e. The van der Waals surface area contributed by atoms with Crippen LogP contribution in [0.1, 0.15) is 24.5 Å². The summed E-state index contributed by atoms with van der Waals surface area (Å²) < 4.78 is 0. The largest absolute Gasteiger partial charge is 2.00 e. The molecule has 2 aromatic carbocycles. The molecule has 0 bridgehead atoms. The van der Waals surface area contributed by atoms with Gasteiger partial charge in [-0.3, -0.25) is 0 Å². The molecule has 0 N–H and O–H groups in total. The van der Waals surface area contributed by atoms with E-state index in [0.29, 0.717) is 0 Å². The normalized spacial score (nSPS) is 15.9. The molecule has 2 nitrogen and oxygen atoms in total. The molecule has 10 radical (unpaired) electrons. The molecule has 0 saturated heterocycles. The van der Waals surface area contributed by atoms with Crippen molar-refractivity contribution in [3.63, 3.8) is 0 Å². The Bertz CT molecular complexity index is 697. The van der Waals surface area contributed by atoms with Gasteiger partial charge in [-0.15, -0.1) is 11.5 Å². The third-order valence-corrected chi connectivity index (χ3v) is 4.51. The smallest absolute Gasteiger partial charge is 0.872 e. The molecular weight excluding hydrogens is 400 g/mol. The zero-order chi connectivity index (χ0) is 19.8. The standard InChI is InChI=1S/C21H19O2.C5H5.Fe/c1-2-20(15-5-3-4-6-15)21(16-7-11-18(22)12-8-16)17-9-13-19(23)14-10-17;1-2-4-5-3-1;/h3-14,22-23H,2H2,1H3;1-5H;/q;;+2/p-2. The van der Waals surface area contributed by atoms with Crippen LogP contribution < -0.4 is 10.2 Å². The SMILES string of the molecule is CCC([C]1[CH][CH][CH][CH]1)=C(c1ccc([O-])cc1)c1ccc([O-])cc1.[CH]1[CH][CH][CH][CH]1.[Fe+2]. The number of rotatable bonds is 4.